The van der Waals surface area contributed by atoms with Gasteiger partial charge in [-0.25, -0.2) is 0 Å². The lowest BCUT2D eigenvalue weighted by Gasteiger charge is -2.10. The number of hydrogen-bond acceptors (Lipinski definition) is 3. The zero-order valence-electron chi connectivity index (χ0n) is 9.77. The van der Waals surface area contributed by atoms with E-state index in [2.05, 4.69) is 0 Å². The summed E-state index contributed by atoms with van der Waals surface area (Å²) >= 11 is 0. The molecule has 0 spiro atoms. The summed E-state index contributed by atoms with van der Waals surface area (Å²) in [6.07, 6.45) is 0. The molecule has 3 heteroatoms. The lowest BCUT2D eigenvalue weighted by atomic mass is 10.1. The molecule has 3 nitrogen and oxygen atoms in total. The van der Waals surface area contributed by atoms with E-state index in [1.165, 1.54) is 0 Å². The third kappa shape index (κ3) is 2.50. The second kappa shape index (κ2) is 4.37. The van der Waals surface area contributed by atoms with Crippen LogP contribution in [0.1, 0.15) is 11.1 Å². The number of benzene rings is 2. The normalized spacial score (nSPS) is 10.2. The van der Waals surface area contributed by atoms with Gasteiger partial charge in [0.15, 0.2) is 0 Å². The van der Waals surface area contributed by atoms with Crippen LogP contribution in [-0.2, 0) is 0 Å². The molecule has 2 aromatic carbocycles. The highest BCUT2D eigenvalue weighted by atomic mass is 16.5. The summed E-state index contributed by atoms with van der Waals surface area (Å²) in [7, 11) is 0. The molecule has 0 aliphatic carbocycles. The second-order valence-electron chi connectivity index (χ2n) is 4.00. The molecule has 17 heavy (non-hydrogen) atoms. The van der Waals surface area contributed by atoms with Crippen LogP contribution in [0.4, 0.5) is 0 Å². The molecule has 0 aliphatic rings. The molecule has 0 fully saturated rings. The van der Waals surface area contributed by atoms with Gasteiger partial charge in [-0.15, -0.1) is 0 Å². The van der Waals surface area contributed by atoms with E-state index in [-0.39, 0.29) is 11.5 Å². The van der Waals surface area contributed by atoms with Crippen LogP contribution < -0.4 is 4.74 Å². The second-order valence-corrected chi connectivity index (χ2v) is 4.00. The van der Waals surface area contributed by atoms with E-state index in [4.69, 9.17) is 9.84 Å². The Balaban J connectivity index is 2.30. The molecule has 0 aromatic heterocycles. The van der Waals surface area contributed by atoms with Crippen LogP contribution in [0, 0.1) is 13.8 Å². The number of ether oxygens (including phenoxy) is 1. The van der Waals surface area contributed by atoms with Gasteiger partial charge in [0.25, 0.3) is 0 Å². The number of hydrogen-bond donors (Lipinski definition) is 2. The van der Waals surface area contributed by atoms with Gasteiger partial charge in [-0.1, -0.05) is 0 Å². The summed E-state index contributed by atoms with van der Waals surface area (Å²) in [5.41, 5.74) is 1.63. The van der Waals surface area contributed by atoms with Gasteiger partial charge >= 0.3 is 0 Å². The van der Waals surface area contributed by atoms with Crippen molar-refractivity contribution in [2.75, 3.05) is 0 Å². The highest BCUT2D eigenvalue weighted by molar-refractivity contribution is 5.46. The molecule has 0 bridgehead atoms. The molecule has 0 heterocycles. The van der Waals surface area contributed by atoms with Gasteiger partial charge in [-0.05, 0) is 61.4 Å². The average molecular weight is 230 g/mol. The zero-order chi connectivity index (χ0) is 12.4. The van der Waals surface area contributed by atoms with Crippen molar-refractivity contribution in [1.29, 1.82) is 0 Å². The summed E-state index contributed by atoms with van der Waals surface area (Å²) < 4.78 is 5.68. The van der Waals surface area contributed by atoms with Crippen molar-refractivity contribution in [3.63, 3.8) is 0 Å². The predicted octanol–water partition coefficient (Wildman–Crippen LogP) is 3.51. The van der Waals surface area contributed by atoms with E-state index in [1.54, 1.807) is 36.4 Å². The van der Waals surface area contributed by atoms with Gasteiger partial charge in [0.05, 0.1) is 0 Å². The maximum Gasteiger partial charge on any atom is 0.130 e. The SMILES string of the molecule is Cc1cc(Oc2ccc(O)cc2)c(C)cc1O. The van der Waals surface area contributed by atoms with Crippen LogP contribution in [0.2, 0.25) is 0 Å². The summed E-state index contributed by atoms with van der Waals surface area (Å²) in [6.45, 7) is 3.69. The number of phenolic OH excluding ortho intramolecular Hbond substituents is 2. The van der Waals surface area contributed by atoms with Crippen molar-refractivity contribution < 1.29 is 14.9 Å². The molecule has 0 radical (unpaired) electrons. The Morgan fingerprint density at radius 1 is 0.882 bits per heavy atom. The van der Waals surface area contributed by atoms with Crippen molar-refractivity contribution in [3.05, 3.63) is 47.5 Å². The number of rotatable bonds is 2. The molecule has 88 valence electrons. The van der Waals surface area contributed by atoms with E-state index < -0.39 is 0 Å². The van der Waals surface area contributed by atoms with Gasteiger partial charge in [0.1, 0.15) is 23.0 Å². The maximum absolute atomic E-state index is 9.54. The Morgan fingerprint density at radius 3 is 2.18 bits per heavy atom. The van der Waals surface area contributed by atoms with Gasteiger partial charge in [0.2, 0.25) is 0 Å². The minimum atomic E-state index is 0.205. The molecule has 0 saturated carbocycles. The van der Waals surface area contributed by atoms with Gasteiger partial charge in [0, 0.05) is 0 Å². The third-order valence-corrected chi connectivity index (χ3v) is 2.56. The Bertz CT molecular complexity index is 530. The van der Waals surface area contributed by atoms with Crippen molar-refractivity contribution in [1.82, 2.24) is 0 Å². The summed E-state index contributed by atoms with van der Waals surface area (Å²) in [5, 5.41) is 18.7. The first kappa shape index (κ1) is 11.3. The van der Waals surface area contributed by atoms with E-state index in [0.717, 1.165) is 11.1 Å². The molecule has 0 aliphatic heterocycles. The summed E-state index contributed by atoms with van der Waals surface area (Å²) in [5.74, 6) is 1.82. The summed E-state index contributed by atoms with van der Waals surface area (Å²) in [4.78, 5) is 0. The minimum absolute atomic E-state index is 0.205. The fraction of sp³-hybridized carbons (Fsp3) is 0.143. The highest BCUT2D eigenvalue weighted by Gasteiger charge is 2.05. The molecular weight excluding hydrogens is 216 g/mol. The van der Waals surface area contributed by atoms with Crippen LogP contribution in [0.15, 0.2) is 36.4 Å². The van der Waals surface area contributed by atoms with Crippen LogP contribution in [0.3, 0.4) is 0 Å². The molecule has 2 N–H and O–H groups in total. The fourth-order valence-electron chi connectivity index (χ4n) is 1.53. The lowest BCUT2D eigenvalue weighted by molar-refractivity contribution is 0.454. The summed E-state index contributed by atoms with van der Waals surface area (Å²) in [6, 6.07) is 9.98. The fourth-order valence-corrected chi connectivity index (χ4v) is 1.53. The third-order valence-electron chi connectivity index (χ3n) is 2.56. The Labute approximate surface area is 99.9 Å². The van der Waals surface area contributed by atoms with Crippen molar-refractivity contribution in [2.24, 2.45) is 0 Å². The number of phenols is 2. The first-order chi connectivity index (χ1) is 8.06. The van der Waals surface area contributed by atoms with Crippen molar-refractivity contribution in [3.8, 4) is 23.0 Å². The average Bonchev–Trinajstić information content (AvgIpc) is 2.29. The number of aryl methyl sites for hydroxylation is 2. The quantitative estimate of drug-likeness (QED) is 0.830. The van der Waals surface area contributed by atoms with Crippen LogP contribution in [-0.4, -0.2) is 10.2 Å². The smallest absolute Gasteiger partial charge is 0.130 e. The van der Waals surface area contributed by atoms with Gasteiger partial charge < -0.3 is 14.9 Å². The number of aromatic hydroxyl groups is 2. The van der Waals surface area contributed by atoms with E-state index in [0.29, 0.717) is 11.5 Å². The molecule has 0 amide bonds. The van der Waals surface area contributed by atoms with Crippen LogP contribution >= 0.6 is 0 Å². The molecule has 2 aromatic rings. The lowest BCUT2D eigenvalue weighted by Crippen LogP contribution is -1.88. The van der Waals surface area contributed by atoms with E-state index >= 15 is 0 Å². The molecule has 0 saturated heterocycles. The van der Waals surface area contributed by atoms with Crippen LogP contribution in [0.25, 0.3) is 0 Å². The molecule has 2 rings (SSSR count). The molecule has 0 unspecified atom stereocenters. The van der Waals surface area contributed by atoms with Crippen molar-refractivity contribution >= 4 is 0 Å². The van der Waals surface area contributed by atoms with E-state index in [9.17, 15) is 5.11 Å². The van der Waals surface area contributed by atoms with Gasteiger partial charge in [-0.2, -0.15) is 0 Å². The van der Waals surface area contributed by atoms with Gasteiger partial charge in [-0.3, -0.25) is 0 Å². The predicted molar refractivity (Wildman–Crippen MR) is 65.8 cm³/mol. The van der Waals surface area contributed by atoms with E-state index in [1.807, 2.05) is 13.8 Å². The zero-order valence-corrected chi connectivity index (χ0v) is 9.77. The maximum atomic E-state index is 9.54. The standard InChI is InChI=1S/C14H14O3/c1-9-8-14(10(2)7-13(9)16)17-12-5-3-11(15)4-6-12/h3-8,15-16H,1-2H3. The topological polar surface area (TPSA) is 49.7 Å². The Kier molecular flexibility index (Phi) is 2.91. The Morgan fingerprint density at radius 2 is 1.53 bits per heavy atom. The molecule has 0 atom stereocenters. The minimum Gasteiger partial charge on any atom is -0.508 e. The monoisotopic (exact) mass is 230 g/mol. The Hall–Kier alpha value is -2.16. The van der Waals surface area contributed by atoms with Crippen LogP contribution in [0.5, 0.6) is 23.0 Å². The first-order valence-electron chi connectivity index (χ1n) is 5.33. The molecular formula is C14H14O3. The highest BCUT2D eigenvalue weighted by Crippen LogP contribution is 2.31. The van der Waals surface area contributed by atoms with Crippen molar-refractivity contribution in [2.45, 2.75) is 13.8 Å². The largest absolute Gasteiger partial charge is 0.508 e. The first-order valence-corrected chi connectivity index (χ1v) is 5.33.